The van der Waals surface area contributed by atoms with Crippen LogP contribution in [0.2, 0.25) is 0 Å². The summed E-state index contributed by atoms with van der Waals surface area (Å²) in [4.78, 5) is 17.9. The van der Waals surface area contributed by atoms with Gasteiger partial charge in [-0.15, -0.1) is 0 Å². The maximum absolute atomic E-state index is 13.1. The Hall–Kier alpha value is -3.04. The molecule has 0 unspecified atom stereocenters. The second kappa shape index (κ2) is 8.76. The van der Waals surface area contributed by atoms with Crippen LogP contribution in [0.15, 0.2) is 59.9 Å². The number of aryl methyl sites for hydroxylation is 1. The number of hydrogen-bond acceptors (Lipinski definition) is 4. The average molecular weight is 417 g/mol. The number of carbonyl (C=O) groups is 1. The molecule has 30 heavy (non-hydrogen) atoms. The minimum absolute atomic E-state index is 0.0788. The van der Waals surface area contributed by atoms with Gasteiger partial charge in [0.05, 0.1) is 29.3 Å². The first-order chi connectivity index (χ1) is 14.6. The highest BCUT2D eigenvalue weighted by molar-refractivity contribution is 7.99. The van der Waals surface area contributed by atoms with Crippen molar-refractivity contribution in [1.29, 1.82) is 5.26 Å². The van der Waals surface area contributed by atoms with Gasteiger partial charge in [0.1, 0.15) is 0 Å². The minimum Gasteiger partial charge on any atom is -0.346 e. The predicted molar refractivity (Wildman–Crippen MR) is 122 cm³/mol. The molecule has 0 saturated heterocycles. The van der Waals surface area contributed by atoms with E-state index in [9.17, 15) is 4.79 Å². The molecule has 2 aromatic heterocycles. The zero-order chi connectivity index (χ0) is 21.1. The Labute approximate surface area is 180 Å². The zero-order valence-electron chi connectivity index (χ0n) is 17.2. The molecule has 0 bridgehead atoms. The third kappa shape index (κ3) is 3.99. The number of benzene rings is 2. The zero-order valence-corrected chi connectivity index (χ0v) is 18.0. The number of imidazole rings is 1. The van der Waals surface area contributed by atoms with Gasteiger partial charge in [0.15, 0.2) is 10.9 Å². The summed E-state index contributed by atoms with van der Waals surface area (Å²) in [6, 6.07) is 18.2. The van der Waals surface area contributed by atoms with E-state index >= 15 is 0 Å². The van der Waals surface area contributed by atoms with Gasteiger partial charge in [-0.05, 0) is 24.1 Å². The molecule has 0 N–H and O–H groups in total. The van der Waals surface area contributed by atoms with Crippen molar-refractivity contribution in [2.45, 2.75) is 38.5 Å². The van der Waals surface area contributed by atoms with Crippen LogP contribution in [0.5, 0.6) is 0 Å². The molecule has 152 valence electrons. The number of nitriles is 1. The maximum Gasteiger partial charge on any atom is 0.175 e. The molecule has 4 aromatic rings. The van der Waals surface area contributed by atoms with Crippen molar-refractivity contribution in [3.05, 3.63) is 60.3 Å². The Morgan fingerprint density at radius 2 is 1.87 bits per heavy atom. The molecule has 0 aliphatic rings. The van der Waals surface area contributed by atoms with E-state index < -0.39 is 0 Å². The lowest BCUT2D eigenvalue weighted by Gasteiger charge is -2.11. The van der Waals surface area contributed by atoms with Crippen LogP contribution in [0.1, 0.15) is 30.6 Å². The van der Waals surface area contributed by atoms with Crippen molar-refractivity contribution in [1.82, 2.24) is 14.1 Å². The number of para-hydroxylation sites is 3. The first kappa shape index (κ1) is 20.2. The van der Waals surface area contributed by atoms with Crippen LogP contribution in [0.4, 0.5) is 0 Å². The molecule has 5 nitrogen and oxygen atoms in total. The van der Waals surface area contributed by atoms with E-state index in [0.717, 1.165) is 33.6 Å². The third-order valence-corrected chi connectivity index (χ3v) is 6.03. The summed E-state index contributed by atoms with van der Waals surface area (Å²) in [6.07, 6.45) is 2.31. The van der Waals surface area contributed by atoms with E-state index in [1.54, 1.807) is 0 Å². The standard InChI is InChI=1S/C24H24N4OS/c1-17(2)14-28-22-11-6-4-9-20(22)26-24(28)30-16-23(29)19-15-27(13-7-12-25)21-10-5-3-8-18(19)21/h3-6,8-11,15,17H,7,13-14,16H2,1-2H3. The summed E-state index contributed by atoms with van der Waals surface area (Å²) in [7, 11) is 0. The Balaban J connectivity index is 1.61. The van der Waals surface area contributed by atoms with E-state index in [0.29, 0.717) is 30.2 Å². The minimum atomic E-state index is 0.0788. The van der Waals surface area contributed by atoms with Crippen LogP contribution < -0.4 is 0 Å². The molecule has 0 radical (unpaired) electrons. The summed E-state index contributed by atoms with van der Waals surface area (Å²) in [5.74, 6) is 0.888. The summed E-state index contributed by atoms with van der Waals surface area (Å²) < 4.78 is 4.22. The van der Waals surface area contributed by atoms with E-state index in [4.69, 9.17) is 10.2 Å². The Morgan fingerprint density at radius 3 is 2.63 bits per heavy atom. The average Bonchev–Trinajstić information content (AvgIpc) is 3.29. The molecule has 0 fully saturated rings. The lowest BCUT2D eigenvalue weighted by Crippen LogP contribution is -2.08. The Morgan fingerprint density at radius 1 is 1.13 bits per heavy atom. The number of rotatable bonds is 8. The van der Waals surface area contributed by atoms with Gasteiger partial charge in [0.2, 0.25) is 0 Å². The summed E-state index contributed by atoms with van der Waals surface area (Å²) in [5, 5.41) is 10.8. The second-order valence-corrected chi connectivity index (χ2v) is 8.70. The lowest BCUT2D eigenvalue weighted by molar-refractivity contribution is 0.102. The number of hydrogen-bond donors (Lipinski definition) is 0. The molecule has 2 aromatic carbocycles. The lowest BCUT2D eigenvalue weighted by atomic mass is 10.1. The number of fused-ring (bicyclic) bond motifs is 2. The van der Waals surface area contributed by atoms with Crippen LogP contribution >= 0.6 is 11.8 Å². The summed E-state index contributed by atoms with van der Waals surface area (Å²) >= 11 is 1.49. The first-order valence-corrected chi connectivity index (χ1v) is 11.1. The van der Waals surface area contributed by atoms with Gasteiger partial charge in [-0.25, -0.2) is 4.98 Å². The molecule has 0 aliphatic carbocycles. The van der Waals surface area contributed by atoms with Crippen LogP contribution in [-0.4, -0.2) is 25.7 Å². The van der Waals surface area contributed by atoms with Gasteiger partial charge in [-0.1, -0.05) is 55.9 Å². The molecular formula is C24H24N4OS. The SMILES string of the molecule is CC(C)Cn1c(SCC(=O)c2cn(CCC#N)c3ccccc23)nc2ccccc21. The normalized spacial score (nSPS) is 11.4. The molecule has 0 amide bonds. The monoisotopic (exact) mass is 416 g/mol. The van der Waals surface area contributed by atoms with Crippen LogP contribution in [0, 0.1) is 17.2 Å². The van der Waals surface area contributed by atoms with Gasteiger partial charge in [-0.2, -0.15) is 5.26 Å². The van der Waals surface area contributed by atoms with E-state index in [2.05, 4.69) is 30.6 Å². The van der Waals surface area contributed by atoms with Crippen molar-refractivity contribution < 1.29 is 4.79 Å². The fraction of sp³-hybridized carbons (Fsp3) is 0.292. The topological polar surface area (TPSA) is 63.6 Å². The molecule has 0 spiro atoms. The summed E-state index contributed by atoms with van der Waals surface area (Å²) in [5.41, 5.74) is 3.77. The van der Waals surface area contributed by atoms with E-state index in [1.807, 2.05) is 53.2 Å². The van der Waals surface area contributed by atoms with Gasteiger partial charge >= 0.3 is 0 Å². The van der Waals surface area contributed by atoms with Crippen molar-refractivity contribution in [3.63, 3.8) is 0 Å². The number of aromatic nitrogens is 3. The second-order valence-electron chi connectivity index (χ2n) is 7.76. The van der Waals surface area contributed by atoms with Crippen LogP contribution in [0.3, 0.4) is 0 Å². The number of Topliss-reactive ketones (excluding diaryl/α,β-unsaturated/α-hetero) is 1. The van der Waals surface area contributed by atoms with Gasteiger partial charge in [0, 0.05) is 35.8 Å². The molecule has 0 saturated carbocycles. The first-order valence-electron chi connectivity index (χ1n) is 10.1. The number of ketones is 1. The predicted octanol–water partition coefficient (Wildman–Crippen LogP) is 5.54. The number of thioether (sulfide) groups is 1. The largest absolute Gasteiger partial charge is 0.346 e. The van der Waals surface area contributed by atoms with Gasteiger partial charge < -0.3 is 9.13 Å². The number of nitrogens with zero attached hydrogens (tertiary/aromatic N) is 4. The Bertz CT molecular complexity index is 1250. The fourth-order valence-corrected chi connectivity index (χ4v) is 4.64. The van der Waals surface area contributed by atoms with Gasteiger partial charge in [0.25, 0.3) is 0 Å². The molecular weight excluding hydrogens is 392 g/mol. The molecule has 0 atom stereocenters. The quantitative estimate of drug-likeness (QED) is 0.280. The summed E-state index contributed by atoms with van der Waals surface area (Å²) in [6.45, 7) is 5.82. The van der Waals surface area contributed by atoms with Crippen molar-refractivity contribution in [2.75, 3.05) is 5.75 Å². The smallest absolute Gasteiger partial charge is 0.175 e. The third-order valence-electron chi connectivity index (χ3n) is 5.05. The molecule has 4 rings (SSSR count). The van der Waals surface area contributed by atoms with E-state index in [1.165, 1.54) is 11.8 Å². The molecule has 6 heteroatoms. The fourth-order valence-electron chi connectivity index (χ4n) is 3.74. The van der Waals surface area contributed by atoms with Crippen molar-refractivity contribution in [2.24, 2.45) is 5.92 Å². The van der Waals surface area contributed by atoms with E-state index in [-0.39, 0.29) is 5.78 Å². The molecule has 0 aliphatic heterocycles. The van der Waals surface area contributed by atoms with Gasteiger partial charge in [-0.3, -0.25) is 4.79 Å². The van der Waals surface area contributed by atoms with Crippen LogP contribution in [-0.2, 0) is 13.1 Å². The van der Waals surface area contributed by atoms with Crippen molar-refractivity contribution >= 4 is 39.5 Å². The highest BCUT2D eigenvalue weighted by Crippen LogP contribution is 2.28. The number of carbonyl (C=O) groups excluding carboxylic acids is 1. The highest BCUT2D eigenvalue weighted by atomic mass is 32.2. The van der Waals surface area contributed by atoms with Crippen LogP contribution in [0.25, 0.3) is 21.9 Å². The molecule has 2 heterocycles. The highest BCUT2D eigenvalue weighted by Gasteiger charge is 2.18. The van der Waals surface area contributed by atoms with Crippen molar-refractivity contribution in [3.8, 4) is 6.07 Å². The maximum atomic E-state index is 13.1. The Kier molecular flexibility index (Phi) is 5.91.